The summed E-state index contributed by atoms with van der Waals surface area (Å²) in [6, 6.07) is 0.444. The Hall–Kier alpha value is -1.36. The maximum Gasteiger partial charge on any atom is 0.234 e. The molecule has 2 rings (SSSR count). The first-order valence-corrected chi connectivity index (χ1v) is 5.59. The maximum absolute atomic E-state index is 11.5. The average molecular weight is 222 g/mol. The summed E-state index contributed by atoms with van der Waals surface area (Å²) in [6.45, 7) is 1.21. The molecule has 1 aliphatic carbocycles. The second-order valence-corrected chi connectivity index (χ2v) is 4.54. The van der Waals surface area contributed by atoms with E-state index >= 15 is 0 Å². The summed E-state index contributed by atoms with van der Waals surface area (Å²) < 4.78 is 1.77. The van der Waals surface area contributed by atoms with Gasteiger partial charge in [0.25, 0.3) is 0 Å². The second kappa shape index (κ2) is 4.65. The molecule has 0 aliphatic heterocycles. The van der Waals surface area contributed by atoms with E-state index in [2.05, 4.69) is 10.4 Å². The lowest BCUT2D eigenvalue weighted by Gasteiger charge is -2.14. The summed E-state index contributed by atoms with van der Waals surface area (Å²) in [6.07, 6.45) is 6.07. The standard InChI is InChI=1S/C11H18N4O/c1-14(6-9-5-12-15(2)7-9)8-11(16)13-10-3-4-10/h5,7,10H,3-4,6,8H2,1-2H3,(H,13,16). The molecule has 88 valence electrons. The van der Waals surface area contributed by atoms with Crippen LogP contribution in [0.2, 0.25) is 0 Å². The van der Waals surface area contributed by atoms with Crippen molar-refractivity contribution in [2.75, 3.05) is 13.6 Å². The third kappa shape index (κ3) is 3.34. The molecule has 1 heterocycles. The quantitative estimate of drug-likeness (QED) is 0.770. The van der Waals surface area contributed by atoms with E-state index in [1.165, 1.54) is 0 Å². The molecule has 0 radical (unpaired) electrons. The Balaban J connectivity index is 1.74. The van der Waals surface area contributed by atoms with Crippen molar-refractivity contribution in [3.8, 4) is 0 Å². The average Bonchev–Trinajstić information content (AvgIpc) is 2.89. The zero-order chi connectivity index (χ0) is 11.5. The van der Waals surface area contributed by atoms with Crippen molar-refractivity contribution >= 4 is 5.91 Å². The highest BCUT2D eigenvalue weighted by Crippen LogP contribution is 2.18. The van der Waals surface area contributed by atoms with Crippen molar-refractivity contribution in [1.29, 1.82) is 0 Å². The molecule has 0 unspecified atom stereocenters. The van der Waals surface area contributed by atoms with Crippen LogP contribution < -0.4 is 5.32 Å². The number of hydrogen-bond acceptors (Lipinski definition) is 3. The number of aryl methyl sites for hydroxylation is 1. The number of hydrogen-bond donors (Lipinski definition) is 1. The third-order valence-electron chi connectivity index (χ3n) is 2.57. The summed E-state index contributed by atoms with van der Waals surface area (Å²) in [5, 5.41) is 7.07. The van der Waals surface area contributed by atoms with Gasteiger partial charge in [0.05, 0.1) is 12.7 Å². The molecule has 0 atom stereocenters. The molecule has 1 aromatic rings. The van der Waals surface area contributed by atoms with Gasteiger partial charge < -0.3 is 5.32 Å². The van der Waals surface area contributed by atoms with E-state index in [0.717, 1.165) is 24.9 Å². The van der Waals surface area contributed by atoms with Gasteiger partial charge in [0.15, 0.2) is 0 Å². The van der Waals surface area contributed by atoms with E-state index < -0.39 is 0 Å². The van der Waals surface area contributed by atoms with Crippen LogP contribution in [0.3, 0.4) is 0 Å². The van der Waals surface area contributed by atoms with Gasteiger partial charge in [-0.25, -0.2) is 0 Å². The lowest BCUT2D eigenvalue weighted by Crippen LogP contribution is -2.35. The van der Waals surface area contributed by atoms with Crippen LogP contribution in [0.15, 0.2) is 12.4 Å². The van der Waals surface area contributed by atoms with Crippen LogP contribution in [-0.2, 0) is 18.4 Å². The van der Waals surface area contributed by atoms with E-state index in [0.29, 0.717) is 12.6 Å². The van der Waals surface area contributed by atoms with E-state index in [1.54, 1.807) is 4.68 Å². The van der Waals surface area contributed by atoms with E-state index in [-0.39, 0.29) is 5.91 Å². The van der Waals surface area contributed by atoms with Gasteiger partial charge in [-0.05, 0) is 19.9 Å². The predicted octanol–water partition coefficient (Wildman–Crippen LogP) is 0.130. The lowest BCUT2D eigenvalue weighted by atomic mass is 10.3. The number of amides is 1. The molecule has 0 aromatic carbocycles. The highest BCUT2D eigenvalue weighted by atomic mass is 16.2. The van der Waals surface area contributed by atoms with Crippen molar-refractivity contribution in [2.45, 2.75) is 25.4 Å². The van der Waals surface area contributed by atoms with E-state index in [4.69, 9.17) is 0 Å². The fourth-order valence-corrected chi connectivity index (χ4v) is 1.67. The topological polar surface area (TPSA) is 50.2 Å². The Labute approximate surface area is 95.4 Å². The molecule has 1 amide bonds. The largest absolute Gasteiger partial charge is 0.352 e. The van der Waals surface area contributed by atoms with Crippen LogP contribution in [0.1, 0.15) is 18.4 Å². The minimum atomic E-state index is 0.119. The summed E-state index contributed by atoms with van der Waals surface area (Å²) in [4.78, 5) is 13.5. The normalized spacial score (nSPS) is 15.4. The molecule has 5 nitrogen and oxygen atoms in total. The number of aromatic nitrogens is 2. The van der Waals surface area contributed by atoms with Crippen molar-refractivity contribution in [1.82, 2.24) is 20.0 Å². The number of carbonyl (C=O) groups is 1. The minimum absolute atomic E-state index is 0.119. The lowest BCUT2D eigenvalue weighted by molar-refractivity contribution is -0.122. The zero-order valence-corrected chi connectivity index (χ0v) is 9.81. The predicted molar refractivity (Wildman–Crippen MR) is 60.7 cm³/mol. The van der Waals surface area contributed by atoms with Gasteiger partial charge in [-0.3, -0.25) is 14.4 Å². The summed E-state index contributed by atoms with van der Waals surface area (Å²) in [5.74, 6) is 0.119. The Bertz CT molecular complexity index is 370. The van der Waals surface area contributed by atoms with Gasteiger partial charge in [-0.15, -0.1) is 0 Å². The van der Waals surface area contributed by atoms with Crippen molar-refractivity contribution in [3.05, 3.63) is 18.0 Å². The van der Waals surface area contributed by atoms with Gasteiger partial charge in [0.2, 0.25) is 5.91 Å². The highest BCUT2D eigenvalue weighted by Gasteiger charge is 2.23. The van der Waals surface area contributed by atoms with Gasteiger partial charge in [-0.2, -0.15) is 5.10 Å². The first kappa shape index (κ1) is 11.1. The Morgan fingerprint density at radius 1 is 1.69 bits per heavy atom. The Morgan fingerprint density at radius 3 is 3.00 bits per heavy atom. The zero-order valence-electron chi connectivity index (χ0n) is 9.81. The SMILES string of the molecule is CN(CC(=O)NC1CC1)Cc1cnn(C)c1. The van der Waals surface area contributed by atoms with Crippen LogP contribution in [-0.4, -0.2) is 40.2 Å². The Kier molecular flexibility index (Phi) is 3.24. The molecule has 5 heteroatoms. The third-order valence-corrected chi connectivity index (χ3v) is 2.57. The molecule has 16 heavy (non-hydrogen) atoms. The van der Waals surface area contributed by atoms with Crippen LogP contribution >= 0.6 is 0 Å². The molecule has 0 bridgehead atoms. The molecule has 0 saturated heterocycles. The number of nitrogens with zero attached hydrogens (tertiary/aromatic N) is 3. The number of nitrogens with one attached hydrogen (secondary N) is 1. The van der Waals surface area contributed by atoms with Gasteiger partial charge >= 0.3 is 0 Å². The summed E-state index contributed by atoms with van der Waals surface area (Å²) in [5.41, 5.74) is 1.13. The van der Waals surface area contributed by atoms with E-state index in [1.807, 2.05) is 31.4 Å². The van der Waals surface area contributed by atoms with Crippen LogP contribution in [0.4, 0.5) is 0 Å². The highest BCUT2D eigenvalue weighted by molar-refractivity contribution is 5.78. The van der Waals surface area contributed by atoms with Gasteiger partial charge in [-0.1, -0.05) is 0 Å². The molecule has 1 fully saturated rings. The van der Waals surface area contributed by atoms with Crippen LogP contribution in [0.25, 0.3) is 0 Å². The first-order valence-electron chi connectivity index (χ1n) is 5.59. The fraction of sp³-hybridized carbons (Fsp3) is 0.636. The molecular formula is C11H18N4O. The smallest absolute Gasteiger partial charge is 0.234 e. The maximum atomic E-state index is 11.5. The van der Waals surface area contributed by atoms with Crippen molar-refractivity contribution in [3.63, 3.8) is 0 Å². The van der Waals surface area contributed by atoms with Crippen molar-refractivity contribution < 1.29 is 4.79 Å². The molecular weight excluding hydrogens is 204 g/mol. The summed E-state index contributed by atoms with van der Waals surface area (Å²) in [7, 11) is 3.84. The second-order valence-electron chi connectivity index (χ2n) is 4.54. The number of carbonyl (C=O) groups excluding carboxylic acids is 1. The molecule has 0 spiro atoms. The van der Waals surface area contributed by atoms with Gasteiger partial charge in [0.1, 0.15) is 0 Å². The van der Waals surface area contributed by atoms with E-state index in [9.17, 15) is 4.79 Å². The molecule has 1 saturated carbocycles. The molecule has 1 aliphatic rings. The first-order chi connectivity index (χ1) is 7.63. The molecule has 1 aromatic heterocycles. The Morgan fingerprint density at radius 2 is 2.44 bits per heavy atom. The van der Waals surface area contributed by atoms with Crippen LogP contribution in [0.5, 0.6) is 0 Å². The van der Waals surface area contributed by atoms with Crippen LogP contribution in [0, 0.1) is 0 Å². The fourth-order valence-electron chi connectivity index (χ4n) is 1.67. The van der Waals surface area contributed by atoms with Crippen molar-refractivity contribution in [2.24, 2.45) is 7.05 Å². The molecule has 1 N–H and O–H groups in total. The summed E-state index contributed by atoms with van der Waals surface area (Å²) >= 11 is 0. The number of rotatable bonds is 5. The van der Waals surface area contributed by atoms with Gasteiger partial charge in [0, 0.05) is 31.4 Å². The monoisotopic (exact) mass is 222 g/mol. The number of likely N-dealkylation sites (N-methyl/N-ethyl adjacent to an activating group) is 1. The minimum Gasteiger partial charge on any atom is -0.352 e.